The van der Waals surface area contributed by atoms with Crippen LogP contribution in [-0.4, -0.2) is 25.8 Å². The molecule has 0 aromatic carbocycles. The van der Waals surface area contributed by atoms with Crippen molar-refractivity contribution in [2.45, 2.75) is 45.6 Å². The van der Waals surface area contributed by atoms with E-state index in [1.807, 2.05) is 24.7 Å². The fourth-order valence-corrected chi connectivity index (χ4v) is 3.09. The molecule has 0 atom stereocenters. The van der Waals surface area contributed by atoms with Gasteiger partial charge in [-0.25, -0.2) is 9.67 Å². The van der Waals surface area contributed by atoms with Gasteiger partial charge in [-0.3, -0.25) is 4.98 Å². The van der Waals surface area contributed by atoms with Crippen molar-refractivity contribution < 1.29 is 0 Å². The SMILES string of the molecule is Cc1cc(C)n(-c2cncc(NC(C3CC3)C3CC3)n2)n1. The Bertz CT molecular complexity index is 642. The van der Waals surface area contributed by atoms with E-state index >= 15 is 0 Å². The van der Waals surface area contributed by atoms with Crippen LogP contribution in [0.3, 0.4) is 0 Å². The van der Waals surface area contributed by atoms with Crippen molar-refractivity contribution in [2.75, 3.05) is 5.32 Å². The largest absolute Gasteiger partial charge is 0.365 e. The highest BCUT2D eigenvalue weighted by Gasteiger charge is 2.41. The smallest absolute Gasteiger partial charge is 0.174 e. The number of rotatable bonds is 5. The van der Waals surface area contributed by atoms with E-state index in [0.29, 0.717) is 6.04 Å². The van der Waals surface area contributed by atoms with E-state index in [-0.39, 0.29) is 0 Å². The molecule has 0 amide bonds. The molecular formula is C16H21N5. The van der Waals surface area contributed by atoms with E-state index in [0.717, 1.165) is 34.9 Å². The van der Waals surface area contributed by atoms with Gasteiger partial charge in [-0.2, -0.15) is 5.10 Å². The molecule has 5 nitrogen and oxygen atoms in total. The molecule has 1 N–H and O–H groups in total. The van der Waals surface area contributed by atoms with E-state index in [4.69, 9.17) is 4.98 Å². The third kappa shape index (κ3) is 2.64. The van der Waals surface area contributed by atoms with Gasteiger partial charge in [0.1, 0.15) is 5.82 Å². The van der Waals surface area contributed by atoms with Crippen molar-refractivity contribution in [3.8, 4) is 5.82 Å². The molecule has 21 heavy (non-hydrogen) atoms. The van der Waals surface area contributed by atoms with Gasteiger partial charge in [0, 0.05) is 11.7 Å². The first-order chi connectivity index (χ1) is 10.2. The first-order valence-electron chi connectivity index (χ1n) is 7.83. The zero-order valence-electron chi connectivity index (χ0n) is 12.6. The van der Waals surface area contributed by atoms with Crippen molar-refractivity contribution in [3.05, 3.63) is 29.8 Å². The van der Waals surface area contributed by atoms with Gasteiger partial charge in [0.25, 0.3) is 0 Å². The highest BCUT2D eigenvalue weighted by atomic mass is 15.3. The Labute approximate surface area is 124 Å². The normalized spacial score (nSPS) is 18.2. The second-order valence-electron chi connectivity index (χ2n) is 6.45. The molecule has 2 aliphatic carbocycles. The Morgan fingerprint density at radius 3 is 2.43 bits per heavy atom. The molecule has 5 heteroatoms. The van der Waals surface area contributed by atoms with Crippen molar-refractivity contribution in [2.24, 2.45) is 11.8 Å². The number of anilines is 1. The van der Waals surface area contributed by atoms with Crippen molar-refractivity contribution >= 4 is 5.82 Å². The van der Waals surface area contributed by atoms with Gasteiger partial charge in [-0.05, 0) is 57.4 Å². The summed E-state index contributed by atoms with van der Waals surface area (Å²) in [5, 5.41) is 8.11. The molecule has 0 radical (unpaired) electrons. The van der Waals surface area contributed by atoms with Crippen LogP contribution < -0.4 is 5.32 Å². The molecule has 2 aromatic heterocycles. The quantitative estimate of drug-likeness (QED) is 0.916. The van der Waals surface area contributed by atoms with Crippen LogP contribution in [0.5, 0.6) is 0 Å². The van der Waals surface area contributed by atoms with Crippen LogP contribution in [0.25, 0.3) is 5.82 Å². The van der Waals surface area contributed by atoms with E-state index in [2.05, 4.69) is 21.5 Å². The number of hydrogen-bond acceptors (Lipinski definition) is 4. The molecule has 0 saturated heterocycles. The molecule has 2 heterocycles. The lowest BCUT2D eigenvalue weighted by Crippen LogP contribution is -2.25. The van der Waals surface area contributed by atoms with E-state index in [9.17, 15) is 0 Å². The van der Waals surface area contributed by atoms with Gasteiger partial charge in [0.2, 0.25) is 0 Å². The fourth-order valence-electron chi connectivity index (χ4n) is 3.09. The van der Waals surface area contributed by atoms with Crippen LogP contribution in [0.4, 0.5) is 5.82 Å². The molecular weight excluding hydrogens is 262 g/mol. The molecule has 0 bridgehead atoms. The summed E-state index contributed by atoms with van der Waals surface area (Å²) in [6.45, 7) is 4.04. The summed E-state index contributed by atoms with van der Waals surface area (Å²) >= 11 is 0. The maximum absolute atomic E-state index is 4.70. The van der Waals surface area contributed by atoms with Gasteiger partial charge >= 0.3 is 0 Å². The molecule has 0 unspecified atom stereocenters. The number of hydrogen-bond donors (Lipinski definition) is 1. The molecule has 2 saturated carbocycles. The lowest BCUT2D eigenvalue weighted by molar-refractivity contribution is 0.565. The van der Waals surface area contributed by atoms with E-state index in [1.165, 1.54) is 25.7 Å². The Kier molecular flexibility index (Phi) is 2.94. The summed E-state index contributed by atoms with van der Waals surface area (Å²) in [4.78, 5) is 9.04. The highest BCUT2D eigenvalue weighted by Crippen LogP contribution is 2.45. The summed E-state index contributed by atoms with van der Waals surface area (Å²) in [6, 6.07) is 2.65. The summed E-state index contributed by atoms with van der Waals surface area (Å²) < 4.78 is 1.86. The monoisotopic (exact) mass is 283 g/mol. The number of aryl methyl sites for hydroxylation is 2. The Morgan fingerprint density at radius 1 is 1.14 bits per heavy atom. The van der Waals surface area contributed by atoms with E-state index < -0.39 is 0 Å². The second-order valence-corrected chi connectivity index (χ2v) is 6.45. The van der Waals surface area contributed by atoms with Crippen LogP contribution >= 0.6 is 0 Å². The van der Waals surface area contributed by atoms with Crippen LogP contribution in [-0.2, 0) is 0 Å². The lowest BCUT2D eigenvalue weighted by Gasteiger charge is -2.18. The Morgan fingerprint density at radius 2 is 1.86 bits per heavy atom. The standard InChI is InChI=1S/C16H21N5/c1-10-7-11(2)21(20-10)15-9-17-8-14(18-15)19-16(12-3-4-12)13-5-6-13/h7-9,12-13,16H,3-6H2,1-2H3,(H,18,19). The van der Waals surface area contributed by atoms with Gasteiger partial charge < -0.3 is 5.32 Å². The first-order valence-corrected chi connectivity index (χ1v) is 7.83. The summed E-state index contributed by atoms with van der Waals surface area (Å²) in [5.41, 5.74) is 2.08. The third-order valence-corrected chi connectivity index (χ3v) is 4.42. The van der Waals surface area contributed by atoms with Crippen LogP contribution in [0, 0.1) is 25.7 Å². The maximum Gasteiger partial charge on any atom is 0.174 e. The predicted molar refractivity (Wildman–Crippen MR) is 81.5 cm³/mol. The summed E-state index contributed by atoms with van der Waals surface area (Å²) in [5.74, 6) is 3.35. The number of aromatic nitrogens is 4. The zero-order chi connectivity index (χ0) is 14.4. The molecule has 2 aliphatic rings. The number of nitrogens with one attached hydrogen (secondary N) is 1. The average Bonchev–Trinajstić information content (AvgIpc) is 3.36. The molecule has 2 aromatic rings. The predicted octanol–water partition coefficient (Wildman–Crippen LogP) is 2.88. The lowest BCUT2D eigenvalue weighted by atomic mass is 10.1. The Balaban J connectivity index is 1.59. The van der Waals surface area contributed by atoms with Crippen molar-refractivity contribution in [3.63, 3.8) is 0 Å². The average molecular weight is 283 g/mol. The summed E-state index contributed by atoms with van der Waals surface area (Å²) in [7, 11) is 0. The van der Waals surface area contributed by atoms with Gasteiger partial charge in [-0.15, -0.1) is 0 Å². The molecule has 2 fully saturated rings. The topological polar surface area (TPSA) is 55.6 Å². The minimum atomic E-state index is 0.593. The molecule has 4 rings (SSSR count). The van der Waals surface area contributed by atoms with E-state index in [1.54, 1.807) is 6.20 Å². The maximum atomic E-state index is 4.70. The van der Waals surface area contributed by atoms with Gasteiger partial charge in [-0.1, -0.05) is 0 Å². The molecule has 110 valence electrons. The second kappa shape index (κ2) is 4.83. The minimum absolute atomic E-state index is 0.593. The van der Waals surface area contributed by atoms with Crippen molar-refractivity contribution in [1.29, 1.82) is 0 Å². The first kappa shape index (κ1) is 12.8. The Hall–Kier alpha value is -1.91. The minimum Gasteiger partial charge on any atom is -0.365 e. The van der Waals surface area contributed by atoms with Crippen LogP contribution in [0.15, 0.2) is 18.5 Å². The summed E-state index contributed by atoms with van der Waals surface area (Å²) in [6.07, 6.45) is 9.04. The van der Waals surface area contributed by atoms with Gasteiger partial charge in [0.05, 0.1) is 18.1 Å². The fraction of sp³-hybridized carbons (Fsp3) is 0.562. The van der Waals surface area contributed by atoms with Gasteiger partial charge in [0.15, 0.2) is 5.82 Å². The third-order valence-electron chi connectivity index (χ3n) is 4.42. The number of nitrogens with zero attached hydrogens (tertiary/aromatic N) is 4. The van der Waals surface area contributed by atoms with Crippen molar-refractivity contribution in [1.82, 2.24) is 19.7 Å². The molecule has 0 spiro atoms. The zero-order valence-corrected chi connectivity index (χ0v) is 12.6. The van der Waals surface area contributed by atoms with Crippen LogP contribution in [0.2, 0.25) is 0 Å². The van der Waals surface area contributed by atoms with Crippen LogP contribution in [0.1, 0.15) is 37.1 Å². The molecule has 0 aliphatic heterocycles. The highest BCUT2D eigenvalue weighted by molar-refractivity contribution is 5.38.